The number of amides is 1. The van der Waals surface area contributed by atoms with Crippen LogP contribution in [0.4, 0.5) is 5.69 Å². The zero-order valence-electron chi connectivity index (χ0n) is 19.7. The maximum Gasteiger partial charge on any atom is 0.227 e. The minimum Gasteiger partial charge on any atom is -0.497 e. The van der Waals surface area contributed by atoms with Crippen molar-refractivity contribution in [2.45, 2.75) is 31.7 Å². The first kappa shape index (κ1) is 23.2. The molecular weight excluding hydrogens is 462 g/mol. The van der Waals surface area contributed by atoms with Gasteiger partial charge in [0.1, 0.15) is 17.3 Å². The molecular formula is C28H28ClN3O3. The minimum absolute atomic E-state index is 0.0427. The van der Waals surface area contributed by atoms with Crippen LogP contribution in [0.25, 0.3) is 11.0 Å². The lowest BCUT2D eigenvalue weighted by atomic mass is 10.1. The molecule has 1 aliphatic heterocycles. The average Bonchev–Trinajstić information content (AvgIpc) is 3.45. The minimum atomic E-state index is 0.0427. The Morgan fingerprint density at radius 2 is 1.71 bits per heavy atom. The normalized spacial score (nSPS) is 15.7. The van der Waals surface area contributed by atoms with Crippen LogP contribution in [0.2, 0.25) is 5.02 Å². The molecule has 1 saturated heterocycles. The second-order valence-corrected chi connectivity index (χ2v) is 9.16. The summed E-state index contributed by atoms with van der Waals surface area (Å²) in [7, 11) is 1.65. The molecule has 0 radical (unpaired) electrons. The molecule has 35 heavy (non-hydrogen) atoms. The molecule has 7 heteroatoms. The number of aromatic nitrogens is 2. The number of nitrogens with zero attached hydrogens (tertiary/aromatic N) is 3. The molecule has 3 aromatic carbocycles. The number of hydrogen-bond acceptors (Lipinski definition) is 4. The van der Waals surface area contributed by atoms with Gasteiger partial charge in [-0.3, -0.25) is 4.79 Å². The SMILES string of the molecule is COc1ccc(OCCCCn2c([C@H]3CC(=O)N(c4ccc(Cl)cc4)C3)nc3ccccc32)cc1. The lowest BCUT2D eigenvalue weighted by molar-refractivity contribution is -0.117. The molecule has 0 unspecified atom stereocenters. The molecule has 1 aliphatic rings. The number of carbonyl (C=O) groups excluding carboxylic acids is 1. The van der Waals surface area contributed by atoms with Crippen molar-refractivity contribution in [1.29, 1.82) is 0 Å². The molecule has 1 fully saturated rings. The number of unbranched alkanes of at least 4 members (excludes halogenated alkanes) is 1. The molecule has 0 saturated carbocycles. The molecule has 6 nitrogen and oxygen atoms in total. The van der Waals surface area contributed by atoms with E-state index in [1.807, 2.05) is 71.6 Å². The van der Waals surface area contributed by atoms with Crippen molar-refractivity contribution < 1.29 is 14.3 Å². The molecule has 1 aromatic heterocycles. The van der Waals surface area contributed by atoms with E-state index in [2.05, 4.69) is 10.6 Å². The number of methoxy groups -OCH3 is 1. The smallest absolute Gasteiger partial charge is 0.227 e. The van der Waals surface area contributed by atoms with Gasteiger partial charge in [-0.2, -0.15) is 0 Å². The van der Waals surface area contributed by atoms with E-state index in [1.165, 1.54) is 0 Å². The fourth-order valence-corrected chi connectivity index (χ4v) is 4.75. The monoisotopic (exact) mass is 489 g/mol. The Kier molecular flexibility index (Phi) is 6.91. The topological polar surface area (TPSA) is 56.6 Å². The molecule has 180 valence electrons. The number of hydrogen-bond donors (Lipinski definition) is 0. The van der Waals surface area contributed by atoms with E-state index in [0.717, 1.165) is 53.4 Å². The summed E-state index contributed by atoms with van der Waals surface area (Å²) in [6.07, 6.45) is 2.32. The molecule has 0 N–H and O–H groups in total. The number of imidazole rings is 1. The molecule has 0 spiro atoms. The van der Waals surface area contributed by atoms with E-state index in [0.29, 0.717) is 24.6 Å². The highest BCUT2D eigenvalue weighted by Crippen LogP contribution is 2.33. The third kappa shape index (κ3) is 5.13. The van der Waals surface area contributed by atoms with Gasteiger partial charge in [0.25, 0.3) is 0 Å². The fraction of sp³-hybridized carbons (Fsp3) is 0.286. The van der Waals surface area contributed by atoms with Crippen LogP contribution in [-0.4, -0.2) is 35.7 Å². The highest BCUT2D eigenvalue weighted by atomic mass is 35.5. The zero-order valence-corrected chi connectivity index (χ0v) is 20.4. The van der Waals surface area contributed by atoms with Gasteiger partial charge in [0, 0.05) is 36.1 Å². The van der Waals surface area contributed by atoms with Crippen LogP contribution >= 0.6 is 11.6 Å². The highest BCUT2D eigenvalue weighted by molar-refractivity contribution is 6.30. The number of halogens is 1. The fourth-order valence-electron chi connectivity index (χ4n) is 4.63. The predicted molar refractivity (Wildman–Crippen MR) is 139 cm³/mol. The Morgan fingerprint density at radius 1 is 0.971 bits per heavy atom. The number of benzene rings is 3. The van der Waals surface area contributed by atoms with Gasteiger partial charge in [-0.25, -0.2) is 4.98 Å². The van der Waals surface area contributed by atoms with E-state index in [9.17, 15) is 4.79 Å². The van der Waals surface area contributed by atoms with Crippen molar-refractivity contribution in [2.24, 2.45) is 0 Å². The number of aryl methyl sites for hydroxylation is 1. The van der Waals surface area contributed by atoms with E-state index < -0.39 is 0 Å². The van der Waals surface area contributed by atoms with Crippen molar-refractivity contribution >= 4 is 34.2 Å². The van der Waals surface area contributed by atoms with Crippen LogP contribution in [0.5, 0.6) is 11.5 Å². The Bertz CT molecular complexity index is 1300. The summed E-state index contributed by atoms with van der Waals surface area (Å²) >= 11 is 6.03. The van der Waals surface area contributed by atoms with Crippen molar-refractivity contribution in [3.05, 3.63) is 83.6 Å². The van der Waals surface area contributed by atoms with Crippen LogP contribution in [0.3, 0.4) is 0 Å². The Hall–Kier alpha value is -3.51. The molecule has 1 atom stereocenters. The Balaban J connectivity index is 1.26. The van der Waals surface area contributed by atoms with Crippen LogP contribution in [0.1, 0.15) is 31.0 Å². The first-order valence-corrected chi connectivity index (χ1v) is 12.3. The van der Waals surface area contributed by atoms with Crippen molar-refractivity contribution in [3.63, 3.8) is 0 Å². The van der Waals surface area contributed by atoms with Gasteiger partial charge in [-0.15, -0.1) is 0 Å². The number of fused-ring (bicyclic) bond motifs is 1. The summed E-state index contributed by atoms with van der Waals surface area (Å²) in [4.78, 5) is 19.7. The Labute approximate surface area is 210 Å². The van der Waals surface area contributed by atoms with E-state index in [1.54, 1.807) is 7.11 Å². The number of ether oxygens (including phenoxy) is 2. The van der Waals surface area contributed by atoms with E-state index in [-0.39, 0.29) is 11.8 Å². The van der Waals surface area contributed by atoms with Crippen LogP contribution in [0, 0.1) is 0 Å². The van der Waals surface area contributed by atoms with Crippen LogP contribution < -0.4 is 14.4 Å². The lowest BCUT2D eigenvalue weighted by Crippen LogP contribution is -2.24. The summed E-state index contributed by atoms with van der Waals surface area (Å²) in [5.41, 5.74) is 2.95. The zero-order chi connectivity index (χ0) is 24.2. The number of rotatable bonds is 9. The molecule has 2 heterocycles. The first-order chi connectivity index (χ1) is 17.1. The summed E-state index contributed by atoms with van der Waals surface area (Å²) in [5.74, 6) is 2.79. The maximum atomic E-state index is 12.9. The van der Waals surface area contributed by atoms with Gasteiger partial charge in [-0.05, 0) is 73.5 Å². The molecule has 5 rings (SSSR count). The van der Waals surface area contributed by atoms with Crippen LogP contribution in [-0.2, 0) is 11.3 Å². The lowest BCUT2D eigenvalue weighted by Gasteiger charge is -2.17. The summed E-state index contributed by atoms with van der Waals surface area (Å²) in [5, 5.41) is 0.662. The van der Waals surface area contributed by atoms with E-state index >= 15 is 0 Å². The third-order valence-corrected chi connectivity index (χ3v) is 6.67. The number of carbonyl (C=O) groups is 1. The Morgan fingerprint density at radius 3 is 2.49 bits per heavy atom. The van der Waals surface area contributed by atoms with Gasteiger partial charge in [0.15, 0.2) is 0 Å². The summed E-state index contributed by atoms with van der Waals surface area (Å²) < 4.78 is 13.4. The number of para-hydroxylation sites is 2. The summed E-state index contributed by atoms with van der Waals surface area (Å²) in [6.45, 7) is 2.08. The van der Waals surface area contributed by atoms with Crippen molar-refractivity contribution in [1.82, 2.24) is 9.55 Å². The molecule has 1 amide bonds. The van der Waals surface area contributed by atoms with Crippen molar-refractivity contribution in [3.8, 4) is 11.5 Å². The second kappa shape index (κ2) is 10.4. The quantitative estimate of drug-likeness (QED) is 0.267. The van der Waals surface area contributed by atoms with Gasteiger partial charge < -0.3 is 18.9 Å². The largest absolute Gasteiger partial charge is 0.497 e. The van der Waals surface area contributed by atoms with Gasteiger partial charge in [0.2, 0.25) is 5.91 Å². The van der Waals surface area contributed by atoms with Crippen LogP contribution in [0.15, 0.2) is 72.8 Å². The number of anilines is 1. The maximum absolute atomic E-state index is 12.9. The van der Waals surface area contributed by atoms with Crippen molar-refractivity contribution in [2.75, 3.05) is 25.2 Å². The third-order valence-electron chi connectivity index (χ3n) is 6.42. The summed E-state index contributed by atoms with van der Waals surface area (Å²) in [6, 6.07) is 23.3. The van der Waals surface area contributed by atoms with Gasteiger partial charge >= 0.3 is 0 Å². The average molecular weight is 490 g/mol. The molecule has 4 aromatic rings. The highest BCUT2D eigenvalue weighted by Gasteiger charge is 2.34. The molecule has 0 aliphatic carbocycles. The second-order valence-electron chi connectivity index (χ2n) is 8.72. The van der Waals surface area contributed by atoms with Gasteiger partial charge in [-0.1, -0.05) is 23.7 Å². The first-order valence-electron chi connectivity index (χ1n) is 11.9. The van der Waals surface area contributed by atoms with E-state index in [4.69, 9.17) is 26.1 Å². The molecule has 0 bridgehead atoms. The van der Waals surface area contributed by atoms with Gasteiger partial charge in [0.05, 0.1) is 24.8 Å². The standard InChI is InChI=1S/C28H28ClN3O3/c1-34-23-12-14-24(15-13-23)35-17-5-4-16-31-26-7-3-2-6-25(26)30-28(31)20-18-27(33)32(19-20)22-10-8-21(29)9-11-22/h2-3,6-15,20H,4-5,16-19H2,1H3/t20-/m0/s1. The predicted octanol–water partition coefficient (Wildman–Crippen LogP) is 6.08.